The van der Waals surface area contributed by atoms with Crippen LogP contribution in [0.1, 0.15) is 29.7 Å². The van der Waals surface area contributed by atoms with Crippen LogP contribution in [0.3, 0.4) is 0 Å². The van der Waals surface area contributed by atoms with Crippen molar-refractivity contribution in [2.45, 2.75) is 32.1 Å². The number of nitrogens with one attached hydrogen (secondary N) is 1. The molecule has 0 bridgehead atoms. The zero-order valence-electron chi connectivity index (χ0n) is 19.8. The molecule has 0 radical (unpaired) electrons. The van der Waals surface area contributed by atoms with Crippen LogP contribution >= 0.6 is 0 Å². The van der Waals surface area contributed by atoms with E-state index in [1.54, 1.807) is 7.11 Å². The lowest BCUT2D eigenvalue weighted by Crippen LogP contribution is -2.32. The van der Waals surface area contributed by atoms with Gasteiger partial charge in [0.05, 0.1) is 13.2 Å². The van der Waals surface area contributed by atoms with E-state index in [2.05, 4.69) is 24.4 Å². The largest absolute Gasteiger partial charge is 0.497 e. The van der Waals surface area contributed by atoms with Gasteiger partial charge in [-0.2, -0.15) is 0 Å². The summed E-state index contributed by atoms with van der Waals surface area (Å²) in [5, 5.41) is 28.9. The summed E-state index contributed by atoms with van der Waals surface area (Å²) in [5.74, 6) is -2.07. The number of aliphatic carboxylic acids is 2. The average Bonchev–Trinajstić information content (AvgIpc) is 2.87. The van der Waals surface area contributed by atoms with Gasteiger partial charge in [-0.15, -0.1) is 0 Å². The minimum Gasteiger partial charge on any atom is -0.497 e. The van der Waals surface area contributed by atoms with Gasteiger partial charge < -0.3 is 30.1 Å². The molecule has 3 aromatic rings. The first kappa shape index (κ1) is 27.4. The molecule has 0 aliphatic heterocycles. The predicted octanol–water partition coefficient (Wildman–Crippen LogP) is 3.68. The van der Waals surface area contributed by atoms with Crippen LogP contribution in [0, 0.1) is 0 Å². The van der Waals surface area contributed by atoms with E-state index < -0.39 is 18.0 Å². The molecule has 0 aliphatic carbocycles. The summed E-state index contributed by atoms with van der Waals surface area (Å²) in [6, 6.07) is 26.0. The van der Waals surface area contributed by atoms with Gasteiger partial charge in [0.25, 0.3) is 0 Å². The molecule has 0 amide bonds. The van der Waals surface area contributed by atoms with Crippen LogP contribution in [0.5, 0.6) is 11.5 Å². The van der Waals surface area contributed by atoms with Crippen molar-refractivity contribution in [1.82, 2.24) is 5.32 Å². The van der Waals surface area contributed by atoms with Crippen LogP contribution in [-0.2, 0) is 22.6 Å². The number of carbonyl (C=O) groups is 2. The van der Waals surface area contributed by atoms with Gasteiger partial charge in [0.1, 0.15) is 18.1 Å². The Morgan fingerprint density at radius 3 is 2.06 bits per heavy atom. The monoisotopic (exact) mass is 481 g/mol. The predicted molar refractivity (Wildman–Crippen MR) is 132 cm³/mol. The van der Waals surface area contributed by atoms with Gasteiger partial charge in [0, 0.05) is 18.2 Å². The van der Waals surface area contributed by atoms with Crippen molar-refractivity contribution in [2.75, 3.05) is 13.7 Å². The Morgan fingerprint density at radius 1 is 0.857 bits per heavy atom. The molecule has 3 aromatic carbocycles. The number of aliphatic hydroxyl groups is 1. The lowest BCUT2D eigenvalue weighted by atomic mass is 10.1. The van der Waals surface area contributed by atoms with E-state index in [0.29, 0.717) is 18.9 Å². The highest BCUT2D eigenvalue weighted by Gasteiger charge is 2.15. The van der Waals surface area contributed by atoms with Gasteiger partial charge in [0.2, 0.25) is 0 Å². The second-order valence-electron chi connectivity index (χ2n) is 7.80. The first-order chi connectivity index (χ1) is 16.8. The molecule has 0 fully saturated rings. The van der Waals surface area contributed by atoms with E-state index in [9.17, 15) is 5.11 Å². The maximum absolute atomic E-state index is 10.7. The summed E-state index contributed by atoms with van der Waals surface area (Å²) in [7, 11) is 1.67. The van der Waals surface area contributed by atoms with Crippen molar-refractivity contribution in [3.63, 3.8) is 0 Å². The highest BCUT2D eigenvalue weighted by Crippen LogP contribution is 2.25. The zero-order chi connectivity index (χ0) is 25.6. The van der Waals surface area contributed by atoms with Crippen molar-refractivity contribution in [3.8, 4) is 11.5 Å². The third kappa shape index (κ3) is 9.87. The topological polar surface area (TPSA) is 125 Å². The third-order valence-electron chi connectivity index (χ3n) is 5.06. The number of aliphatic hydroxyl groups excluding tert-OH is 1. The number of methoxy groups -OCH3 is 1. The van der Waals surface area contributed by atoms with Gasteiger partial charge >= 0.3 is 11.9 Å². The fourth-order valence-corrected chi connectivity index (χ4v) is 3.23. The molecule has 2 unspecified atom stereocenters. The Kier molecular flexibility index (Phi) is 11.3. The molecule has 0 spiro atoms. The quantitative estimate of drug-likeness (QED) is 0.323. The highest BCUT2D eigenvalue weighted by atomic mass is 16.5. The van der Waals surface area contributed by atoms with Crippen molar-refractivity contribution in [3.05, 3.63) is 95.6 Å². The van der Waals surface area contributed by atoms with E-state index in [4.69, 9.17) is 29.3 Å². The number of benzene rings is 3. The maximum atomic E-state index is 10.7. The minimum atomic E-state index is -1.82. The number of hydrogen-bond acceptors (Lipinski definition) is 6. The van der Waals surface area contributed by atoms with Crippen molar-refractivity contribution >= 4 is 11.9 Å². The van der Waals surface area contributed by atoms with Gasteiger partial charge in [0.15, 0.2) is 0 Å². The van der Waals surface area contributed by atoms with Gasteiger partial charge in [-0.3, -0.25) is 0 Å². The van der Waals surface area contributed by atoms with Crippen molar-refractivity contribution < 1.29 is 34.4 Å². The number of hydrogen-bond donors (Lipinski definition) is 4. The summed E-state index contributed by atoms with van der Waals surface area (Å²) >= 11 is 0. The molecule has 0 saturated heterocycles. The Labute approximate surface area is 204 Å². The third-order valence-corrected chi connectivity index (χ3v) is 5.06. The number of carboxylic acids is 2. The SMILES string of the molecule is COc1ccc(CC(C)NCC(O)c2ccccc2OCc2ccccc2)cc1.O=C(O)C(=O)O. The standard InChI is InChI=1S/C25H29NO3.C2H2O4/c1-19(16-20-12-14-22(28-2)15-13-20)26-17-24(27)23-10-6-7-11-25(23)29-18-21-8-4-3-5-9-21;3-1(4)2(5)6/h3-15,19,24,26-27H,16-18H2,1-2H3;(H,3,4)(H,5,6). The molecular formula is C27H31NO7. The molecule has 8 heteroatoms. The van der Waals surface area contributed by atoms with Crippen LogP contribution in [0.15, 0.2) is 78.9 Å². The Morgan fingerprint density at radius 2 is 1.46 bits per heavy atom. The average molecular weight is 482 g/mol. The van der Waals surface area contributed by atoms with Gasteiger partial charge in [-0.05, 0) is 42.7 Å². The van der Waals surface area contributed by atoms with Gasteiger partial charge in [-0.25, -0.2) is 9.59 Å². The van der Waals surface area contributed by atoms with Crippen molar-refractivity contribution in [2.24, 2.45) is 0 Å². The fraction of sp³-hybridized carbons (Fsp3) is 0.259. The Bertz CT molecular complexity index is 1040. The number of carboxylic acid groups (broad SMARTS) is 2. The maximum Gasteiger partial charge on any atom is 0.414 e. The molecule has 4 N–H and O–H groups in total. The summed E-state index contributed by atoms with van der Waals surface area (Å²) < 4.78 is 11.2. The van der Waals surface area contributed by atoms with Crippen LogP contribution in [0.4, 0.5) is 0 Å². The van der Waals surface area contributed by atoms with E-state index >= 15 is 0 Å². The van der Waals surface area contributed by atoms with Crippen molar-refractivity contribution in [1.29, 1.82) is 0 Å². The Hall–Kier alpha value is -3.88. The summed E-state index contributed by atoms with van der Waals surface area (Å²) in [5.41, 5.74) is 3.13. The molecule has 0 saturated carbocycles. The lowest BCUT2D eigenvalue weighted by Gasteiger charge is -2.20. The smallest absolute Gasteiger partial charge is 0.414 e. The molecule has 186 valence electrons. The second kappa shape index (κ2) is 14.4. The molecule has 3 rings (SSSR count). The van der Waals surface area contributed by atoms with E-state index in [-0.39, 0.29) is 6.04 Å². The van der Waals surface area contributed by atoms with Crippen LogP contribution in [0.25, 0.3) is 0 Å². The minimum absolute atomic E-state index is 0.232. The van der Waals surface area contributed by atoms with Crippen LogP contribution in [-0.4, -0.2) is 47.0 Å². The molecule has 8 nitrogen and oxygen atoms in total. The first-order valence-electron chi connectivity index (χ1n) is 11.1. The van der Waals surface area contributed by atoms with Crippen LogP contribution < -0.4 is 14.8 Å². The molecule has 0 aromatic heterocycles. The molecular weight excluding hydrogens is 450 g/mol. The Balaban J connectivity index is 0.000000641. The fourth-order valence-electron chi connectivity index (χ4n) is 3.23. The molecule has 0 heterocycles. The van der Waals surface area contributed by atoms with Gasteiger partial charge in [-0.1, -0.05) is 60.7 Å². The normalized spacial score (nSPS) is 12.0. The van der Waals surface area contributed by atoms with E-state index in [1.807, 2.05) is 66.7 Å². The zero-order valence-corrected chi connectivity index (χ0v) is 19.8. The number of para-hydroxylation sites is 1. The number of rotatable bonds is 10. The number of ether oxygens (including phenoxy) is 2. The first-order valence-corrected chi connectivity index (χ1v) is 11.1. The molecule has 2 atom stereocenters. The summed E-state index contributed by atoms with van der Waals surface area (Å²) in [6.07, 6.45) is 0.239. The second-order valence-corrected chi connectivity index (χ2v) is 7.80. The summed E-state index contributed by atoms with van der Waals surface area (Å²) in [4.78, 5) is 18.2. The highest BCUT2D eigenvalue weighted by molar-refractivity contribution is 6.27. The lowest BCUT2D eigenvalue weighted by molar-refractivity contribution is -0.159. The molecule has 0 aliphatic rings. The molecule has 35 heavy (non-hydrogen) atoms. The van der Waals surface area contributed by atoms with E-state index in [1.165, 1.54) is 5.56 Å². The van der Waals surface area contributed by atoms with Crippen LogP contribution in [0.2, 0.25) is 0 Å². The van der Waals surface area contributed by atoms with E-state index in [0.717, 1.165) is 23.3 Å². The summed E-state index contributed by atoms with van der Waals surface area (Å²) in [6.45, 7) is 3.06.